The maximum atomic E-state index is 12.3. The molecule has 0 spiro atoms. The Morgan fingerprint density at radius 3 is 2.52 bits per heavy atom. The molecule has 0 saturated carbocycles. The minimum atomic E-state index is -0.642. The van der Waals surface area contributed by atoms with Crippen molar-refractivity contribution in [3.05, 3.63) is 52.3 Å². The Morgan fingerprint density at radius 2 is 1.89 bits per heavy atom. The van der Waals surface area contributed by atoms with Crippen LogP contribution in [0.5, 0.6) is 5.75 Å². The SMILES string of the molecule is CCOC(=O)c1nc(/C=C/c2ccccc2)c2nc(C(C)(C)C)sc2c1O. The Balaban J connectivity index is 2.20. The lowest BCUT2D eigenvalue weighted by molar-refractivity contribution is 0.0516. The third-order valence-electron chi connectivity index (χ3n) is 3.89. The summed E-state index contributed by atoms with van der Waals surface area (Å²) in [4.78, 5) is 21.3. The van der Waals surface area contributed by atoms with Crippen LogP contribution in [0, 0.1) is 0 Å². The van der Waals surface area contributed by atoms with Crippen LogP contribution in [0.2, 0.25) is 0 Å². The van der Waals surface area contributed by atoms with Gasteiger partial charge in [0.25, 0.3) is 0 Å². The van der Waals surface area contributed by atoms with Gasteiger partial charge in [0.2, 0.25) is 0 Å². The van der Waals surface area contributed by atoms with Gasteiger partial charge in [0.05, 0.1) is 17.3 Å². The number of hydrogen-bond acceptors (Lipinski definition) is 6. The van der Waals surface area contributed by atoms with Crippen LogP contribution >= 0.6 is 11.3 Å². The Morgan fingerprint density at radius 1 is 1.19 bits per heavy atom. The van der Waals surface area contributed by atoms with E-state index in [2.05, 4.69) is 25.8 Å². The molecule has 0 aliphatic heterocycles. The largest absolute Gasteiger partial charge is 0.504 e. The van der Waals surface area contributed by atoms with Gasteiger partial charge in [-0.05, 0) is 18.6 Å². The van der Waals surface area contributed by atoms with Crippen LogP contribution in [0.25, 0.3) is 22.4 Å². The van der Waals surface area contributed by atoms with Crippen molar-refractivity contribution in [1.82, 2.24) is 9.97 Å². The third kappa shape index (κ3) is 4.01. The molecule has 0 bridgehead atoms. The molecule has 0 saturated heterocycles. The van der Waals surface area contributed by atoms with Crippen molar-refractivity contribution in [3.8, 4) is 5.75 Å². The number of carbonyl (C=O) groups excluding carboxylic acids is 1. The maximum Gasteiger partial charge on any atom is 0.360 e. The minimum Gasteiger partial charge on any atom is -0.504 e. The summed E-state index contributed by atoms with van der Waals surface area (Å²) in [5.41, 5.74) is 1.86. The molecule has 0 amide bonds. The molecule has 0 fully saturated rings. The van der Waals surface area contributed by atoms with Crippen LogP contribution < -0.4 is 0 Å². The van der Waals surface area contributed by atoms with Gasteiger partial charge < -0.3 is 9.84 Å². The fraction of sp³-hybridized carbons (Fsp3) is 0.286. The lowest BCUT2D eigenvalue weighted by Crippen LogP contribution is -2.10. The molecule has 0 aliphatic rings. The van der Waals surface area contributed by atoms with Gasteiger partial charge in [0.15, 0.2) is 11.4 Å². The normalized spacial score (nSPS) is 12.0. The van der Waals surface area contributed by atoms with Gasteiger partial charge in [-0.15, -0.1) is 11.3 Å². The van der Waals surface area contributed by atoms with Crippen LogP contribution in [0.15, 0.2) is 30.3 Å². The smallest absolute Gasteiger partial charge is 0.360 e. The van der Waals surface area contributed by atoms with Gasteiger partial charge in [-0.1, -0.05) is 57.2 Å². The molecule has 1 aromatic carbocycles. The first-order valence-corrected chi connectivity index (χ1v) is 9.57. The summed E-state index contributed by atoms with van der Waals surface area (Å²) in [6.45, 7) is 8.10. The second-order valence-electron chi connectivity index (χ2n) is 7.11. The predicted octanol–water partition coefficient (Wildman–Crippen LogP) is 5.04. The van der Waals surface area contributed by atoms with Gasteiger partial charge in [-0.3, -0.25) is 0 Å². The molecule has 6 heteroatoms. The lowest BCUT2D eigenvalue weighted by Gasteiger charge is -2.13. The third-order valence-corrected chi connectivity index (χ3v) is 5.37. The van der Waals surface area contributed by atoms with Crippen molar-refractivity contribution in [2.24, 2.45) is 0 Å². The molecule has 1 N–H and O–H groups in total. The number of aromatic hydroxyl groups is 1. The quantitative estimate of drug-likeness (QED) is 0.640. The summed E-state index contributed by atoms with van der Waals surface area (Å²) < 4.78 is 5.60. The summed E-state index contributed by atoms with van der Waals surface area (Å²) in [7, 11) is 0. The predicted molar refractivity (Wildman–Crippen MR) is 109 cm³/mol. The van der Waals surface area contributed by atoms with Crippen LogP contribution in [0.4, 0.5) is 0 Å². The lowest BCUT2D eigenvalue weighted by atomic mass is 9.98. The molecular formula is C21H22N2O3S. The van der Waals surface area contributed by atoms with Crippen molar-refractivity contribution in [2.75, 3.05) is 6.61 Å². The van der Waals surface area contributed by atoms with Gasteiger partial charge in [-0.25, -0.2) is 14.8 Å². The number of thiazole rings is 1. The van der Waals surface area contributed by atoms with Crippen LogP contribution in [-0.2, 0) is 10.2 Å². The number of rotatable bonds is 4. The fourth-order valence-corrected chi connectivity index (χ4v) is 3.58. The maximum absolute atomic E-state index is 12.3. The van der Waals surface area contributed by atoms with E-state index in [1.54, 1.807) is 6.92 Å². The average molecular weight is 382 g/mol. The highest BCUT2D eigenvalue weighted by molar-refractivity contribution is 7.19. The van der Waals surface area contributed by atoms with Crippen LogP contribution in [0.3, 0.4) is 0 Å². The minimum absolute atomic E-state index is 0.0822. The van der Waals surface area contributed by atoms with Crippen molar-refractivity contribution in [1.29, 1.82) is 0 Å². The Hall–Kier alpha value is -2.73. The van der Waals surface area contributed by atoms with E-state index in [4.69, 9.17) is 9.72 Å². The number of aromatic nitrogens is 2. The highest BCUT2D eigenvalue weighted by Crippen LogP contribution is 2.39. The first-order chi connectivity index (χ1) is 12.8. The molecule has 0 radical (unpaired) electrons. The second kappa shape index (κ2) is 7.48. The summed E-state index contributed by atoms with van der Waals surface area (Å²) >= 11 is 1.37. The monoisotopic (exact) mass is 382 g/mol. The van der Waals surface area contributed by atoms with Crippen molar-refractivity contribution < 1.29 is 14.6 Å². The highest BCUT2D eigenvalue weighted by Gasteiger charge is 2.26. The molecule has 0 aliphatic carbocycles. The average Bonchev–Trinajstić information content (AvgIpc) is 3.09. The van der Waals surface area contributed by atoms with Gasteiger partial charge in [0.1, 0.15) is 10.2 Å². The number of esters is 1. The van der Waals surface area contributed by atoms with Crippen LogP contribution in [0.1, 0.15) is 54.4 Å². The van der Waals surface area contributed by atoms with Crippen molar-refractivity contribution in [2.45, 2.75) is 33.1 Å². The number of pyridine rings is 1. The molecule has 27 heavy (non-hydrogen) atoms. The standard InChI is InChI=1S/C21H22N2O3S/c1-5-26-19(25)16-17(24)18-15(23-20(27-18)21(2,3)4)14(22-16)12-11-13-9-7-6-8-10-13/h6-12,24H,5H2,1-4H3/b12-11+. The summed E-state index contributed by atoms with van der Waals surface area (Å²) in [5.74, 6) is -0.815. The molecule has 3 rings (SSSR count). The number of fused-ring (bicyclic) bond motifs is 1. The van der Waals surface area contributed by atoms with Crippen molar-refractivity contribution >= 4 is 39.7 Å². The van der Waals surface area contributed by atoms with E-state index in [-0.39, 0.29) is 23.5 Å². The molecular weight excluding hydrogens is 360 g/mol. The Kier molecular flexibility index (Phi) is 5.28. The van der Waals surface area contributed by atoms with E-state index in [1.165, 1.54) is 11.3 Å². The first kappa shape index (κ1) is 19.0. The van der Waals surface area contributed by atoms with Crippen molar-refractivity contribution in [3.63, 3.8) is 0 Å². The summed E-state index contributed by atoms with van der Waals surface area (Å²) in [6, 6.07) is 9.79. The second-order valence-corrected chi connectivity index (χ2v) is 8.10. The number of benzene rings is 1. The first-order valence-electron chi connectivity index (χ1n) is 8.75. The van der Waals surface area contributed by atoms with Gasteiger partial charge in [-0.2, -0.15) is 0 Å². The summed E-state index contributed by atoms with van der Waals surface area (Å²) in [6.07, 6.45) is 3.72. The van der Waals surface area contributed by atoms with E-state index in [0.717, 1.165) is 10.6 Å². The van der Waals surface area contributed by atoms with Gasteiger partial charge in [0, 0.05) is 5.41 Å². The topological polar surface area (TPSA) is 72.3 Å². The molecule has 3 aromatic rings. The van der Waals surface area contributed by atoms with E-state index in [0.29, 0.717) is 15.9 Å². The number of carbonyl (C=O) groups is 1. The van der Waals surface area contributed by atoms with E-state index >= 15 is 0 Å². The Bertz CT molecular complexity index is 1000. The zero-order chi connectivity index (χ0) is 19.6. The van der Waals surface area contributed by atoms with E-state index < -0.39 is 5.97 Å². The molecule has 140 valence electrons. The molecule has 5 nitrogen and oxygen atoms in total. The molecule has 2 aromatic heterocycles. The van der Waals surface area contributed by atoms with E-state index in [9.17, 15) is 9.90 Å². The molecule has 2 heterocycles. The van der Waals surface area contributed by atoms with Gasteiger partial charge >= 0.3 is 5.97 Å². The number of hydrogen-bond donors (Lipinski definition) is 1. The highest BCUT2D eigenvalue weighted by atomic mass is 32.1. The zero-order valence-corrected chi connectivity index (χ0v) is 16.6. The summed E-state index contributed by atoms with van der Waals surface area (Å²) in [5, 5.41) is 11.5. The molecule has 0 unspecified atom stereocenters. The van der Waals surface area contributed by atoms with E-state index in [1.807, 2.05) is 42.5 Å². The Labute approximate surface area is 162 Å². The molecule has 0 atom stereocenters. The number of nitrogens with zero attached hydrogens (tertiary/aromatic N) is 2. The van der Waals surface area contributed by atoms with Crippen LogP contribution in [-0.4, -0.2) is 27.7 Å². The number of ether oxygens (including phenoxy) is 1. The fourth-order valence-electron chi connectivity index (χ4n) is 2.51. The zero-order valence-electron chi connectivity index (χ0n) is 15.8.